The topological polar surface area (TPSA) is 121 Å². The zero-order valence-electron chi connectivity index (χ0n) is 22.1. The fourth-order valence-electron chi connectivity index (χ4n) is 4.39. The molecule has 4 amide bonds. The van der Waals surface area contributed by atoms with Crippen molar-refractivity contribution in [3.63, 3.8) is 0 Å². The van der Waals surface area contributed by atoms with Gasteiger partial charge in [-0.1, -0.05) is 63.2 Å². The van der Waals surface area contributed by atoms with E-state index in [0.29, 0.717) is 5.56 Å². The highest BCUT2D eigenvalue weighted by Gasteiger charge is 2.46. The summed E-state index contributed by atoms with van der Waals surface area (Å²) in [7, 11) is 0. The Labute approximate surface area is 229 Å². The number of halogens is 3. The third-order valence-corrected chi connectivity index (χ3v) is 6.59. The molecule has 0 aliphatic carbocycles. The number of amides is 4. The van der Waals surface area contributed by atoms with Crippen molar-refractivity contribution in [2.45, 2.75) is 45.5 Å². The molecule has 212 valence electrons. The molecule has 0 unspecified atom stereocenters. The fourth-order valence-corrected chi connectivity index (χ4v) is 4.39. The van der Waals surface area contributed by atoms with E-state index in [1.54, 1.807) is 44.2 Å². The minimum atomic E-state index is -4.53. The molecule has 0 aromatic heterocycles. The van der Waals surface area contributed by atoms with E-state index in [9.17, 15) is 37.1 Å². The van der Waals surface area contributed by atoms with Crippen molar-refractivity contribution in [1.82, 2.24) is 16.0 Å². The molecule has 4 atom stereocenters. The molecular formula is C29H30F3N3O5. The first-order chi connectivity index (χ1) is 18.8. The average Bonchev–Trinajstić information content (AvgIpc) is 3.15. The third kappa shape index (κ3) is 7.64. The first-order valence-corrected chi connectivity index (χ1v) is 12.7. The number of nitrogens with one attached hydrogen (secondary N) is 3. The number of carbonyl (C=O) groups excluding carboxylic acids is 5. The van der Waals surface area contributed by atoms with Gasteiger partial charge < -0.3 is 10.6 Å². The van der Waals surface area contributed by atoms with Crippen molar-refractivity contribution in [1.29, 1.82) is 0 Å². The van der Waals surface area contributed by atoms with Gasteiger partial charge in [-0.25, -0.2) is 0 Å². The Bertz CT molecular complexity index is 1310. The lowest BCUT2D eigenvalue weighted by Gasteiger charge is -2.25. The van der Waals surface area contributed by atoms with Gasteiger partial charge in [0.05, 0.1) is 30.0 Å². The SMILES string of the molecule is CC(C)[C@H](NC(=O)C[C@H](NC(=O)/C=C/c1cccc(C(F)(F)F)c1)c1ccccc1)C(=O)[C@@H]1C(=O)NC(=O)[C@H]1C. The number of Topliss-reactive ketones (excluding diaryl/α,β-unsaturated/α-hetero) is 1. The average molecular weight is 558 g/mol. The van der Waals surface area contributed by atoms with Gasteiger partial charge in [0, 0.05) is 6.08 Å². The molecule has 2 aromatic carbocycles. The number of imide groups is 1. The highest BCUT2D eigenvalue weighted by atomic mass is 19.4. The normalized spacial score (nSPS) is 18.9. The molecular weight excluding hydrogens is 527 g/mol. The number of carbonyl (C=O) groups is 5. The number of ketones is 1. The lowest BCUT2D eigenvalue weighted by molar-refractivity contribution is -0.138. The largest absolute Gasteiger partial charge is 0.416 e. The minimum Gasteiger partial charge on any atom is -0.346 e. The minimum absolute atomic E-state index is 0.168. The molecule has 3 N–H and O–H groups in total. The van der Waals surface area contributed by atoms with Crippen LogP contribution >= 0.6 is 0 Å². The smallest absolute Gasteiger partial charge is 0.346 e. The maximum atomic E-state index is 13.2. The van der Waals surface area contributed by atoms with Crippen molar-refractivity contribution in [2.75, 3.05) is 0 Å². The Morgan fingerprint density at radius 2 is 1.65 bits per heavy atom. The summed E-state index contributed by atoms with van der Waals surface area (Å²) in [5, 5.41) is 7.46. The van der Waals surface area contributed by atoms with Crippen molar-refractivity contribution >= 4 is 35.5 Å². The monoisotopic (exact) mass is 557 g/mol. The molecule has 0 spiro atoms. The van der Waals surface area contributed by atoms with E-state index in [2.05, 4.69) is 16.0 Å². The molecule has 2 aromatic rings. The van der Waals surface area contributed by atoms with E-state index in [-0.39, 0.29) is 12.0 Å². The summed E-state index contributed by atoms with van der Waals surface area (Å²) in [5.74, 6) is -5.54. The van der Waals surface area contributed by atoms with Gasteiger partial charge in [0.2, 0.25) is 23.6 Å². The van der Waals surface area contributed by atoms with E-state index >= 15 is 0 Å². The zero-order chi connectivity index (χ0) is 29.6. The Hall–Kier alpha value is -4.28. The number of rotatable bonds is 10. The summed E-state index contributed by atoms with van der Waals surface area (Å²) in [6, 6.07) is 11.2. The van der Waals surface area contributed by atoms with Gasteiger partial charge in [-0.05, 0) is 35.3 Å². The second kappa shape index (κ2) is 12.7. The van der Waals surface area contributed by atoms with E-state index in [1.165, 1.54) is 25.1 Å². The number of alkyl halides is 3. The van der Waals surface area contributed by atoms with Crippen LogP contribution in [0.2, 0.25) is 0 Å². The number of benzene rings is 2. The van der Waals surface area contributed by atoms with Gasteiger partial charge >= 0.3 is 6.18 Å². The second-order valence-electron chi connectivity index (χ2n) is 9.94. The molecule has 1 aliphatic rings. The Morgan fingerprint density at radius 3 is 2.23 bits per heavy atom. The lowest BCUT2D eigenvalue weighted by atomic mass is 9.85. The summed E-state index contributed by atoms with van der Waals surface area (Å²) in [4.78, 5) is 63.0. The van der Waals surface area contributed by atoms with Crippen LogP contribution < -0.4 is 16.0 Å². The molecule has 1 heterocycles. The maximum absolute atomic E-state index is 13.2. The van der Waals surface area contributed by atoms with Crippen molar-refractivity contribution in [3.8, 4) is 0 Å². The molecule has 40 heavy (non-hydrogen) atoms. The predicted octanol–water partition coefficient (Wildman–Crippen LogP) is 3.58. The van der Waals surface area contributed by atoms with Gasteiger partial charge in [0.1, 0.15) is 5.92 Å². The summed E-state index contributed by atoms with van der Waals surface area (Å²) >= 11 is 0. The first kappa shape index (κ1) is 30.3. The lowest BCUT2D eigenvalue weighted by Crippen LogP contribution is -2.49. The second-order valence-corrected chi connectivity index (χ2v) is 9.94. The standard InChI is InChI=1S/C29H30F3N3O5/c1-16(2)25(26(38)24-17(3)27(39)35-28(24)40)34-23(37)15-21(19-9-5-4-6-10-19)33-22(36)13-12-18-8-7-11-20(14-18)29(30,31)32/h4-14,16-17,21,24-25H,15H2,1-3H3,(H,33,36)(H,34,37)(H,35,39,40)/b13-12+/t17-,21-,24+,25-/m0/s1. The van der Waals surface area contributed by atoms with Gasteiger partial charge in [-0.3, -0.25) is 29.3 Å². The predicted molar refractivity (Wildman–Crippen MR) is 140 cm³/mol. The quantitative estimate of drug-likeness (QED) is 0.234. The van der Waals surface area contributed by atoms with E-state index in [1.807, 2.05) is 0 Å². The van der Waals surface area contributed by atoms with Crippen molar-refractivity contribution in [2.24, 2.45) is 17.8 Å². The molecule has 8 nitrogen and oxygen atoms in total. The molecule has 0 saturated carbocycles. The summed E-state index contributed by atoms with van der Waals surface area (Å²) in [5.41, 5.74) is -0.0989. The molecule has 1 fully saturated rings. The van der Waals surface area contributed by atoms with Crippen molar-refractivity contribution < 1.29 is 37.1 Å². The summed E-state index contributed by atoms with van der Waals surface area (Å²) in [6.07, 6.45) is -2.49. The van der Waals surface area contributed by atoms with Crippen LogP contribution in [0.5, 0.6) is 0 Å². The molecule has 1 aliphatic heterocycles. The molecule has 0 bridgehead atoms. The Balaban J connectivity index is 1.74. The molecule has 0 radical (unpaired) electrons. The summed E-state index contributed by atoms with van der Waals surface area (Å²) < 4.78 is 39.0. The van der Waals surface area contributed by atoms with Crippen molar-refractivity contribution in [3.05, 3.63) is 77.4 Å². The van der Waals surface area contributed by atoms with Crippen LogP contribution in [-0.2, 0) is 30.1 Å². The fraction of sp³-hybridized carbons (Fsp3) is 0.345. The van der Waals surface area contributed by atoms with Crippen LogP contribution in [0.25, 0.3) is 6.08 Å². The first-order valence-electron chi connectivity index (χ1n) is 12.7. The van der Waals surface area contributed by atoms with Crippen LogP contribution in [0.3, 0.4) is 0 Å². The third-order valence-electron chi connectivity index (χ3n) is 6.59. The van der Waals surface area contributed by atoms with E-state index in [4.69, 9.17) is 0 Å². The highest BCUT2D eigenvalue weighted by Crippen LogP contribution is 2.30. The maximum Gasteiger partial charge on any atom is 0.416 e. The van der Waals surface area contributed by atoms with Gasteiger partial charge in [0.25, 0.3) is 0 Å². The zero-order valence-corrected chi connectivity index (χ0v) is 22.1. The van der Waals surface area contributed by atoms with E-state index in [0.717, 1.165) is 18.2 Å². The molecule has 11 heteroatoms. The number of hydrogen-bond donors (Lipinski definition) is 3. The van der Waals surface area contributed by atoms with Gasteiger partial charge in [0.15, 0.2) is 5.78 Å². The van der Waals surface area contributed by atoms with Crippen LogP contribution in [0, 0.1) is 17.8 Å². The molecule has 1 saturated heterocycles. The van der Waals surface area contributed by atoms with Gasteiger partial charge in [-0.2, -0.15) is 13.2 Å². The Morgan fingerprint density at radius 1 is 0.975 bits per heavy atom. The number of hydrogen-bond acceptors (Lipinski definition) is 5. The van der Waals surface area contributed by atoms with Crippen LogP contribution in [0.15, 0.2) is 60.7 Å². The van der Waals surface area contributed by atoms with E-state index < -0.39 is 71.0 Å². The molecule has 3 rings (SSSR count). The van der Waals surface area contributed by atoms with Gasteiger partial charge in [-0.15, -0.1) is 0 Å². The van der Waals surface area contributed by atoms with Crippen LogP contribution in [0.1, 0.15) is 49.9 Å². The Kier molecular flexibility index (Phi) is 9.62. The van der Waals surface area contributed by atoms with Crippen LogP contribution in [0.4, 0.5) is 13.2 Å². The summed E-state index contributed by atoms with van der Waals surface area (Å²) in [6.45, 7) is 4.85. The van der Waals surface area contributed by atoms with Crippen LogP contribution in [-0.4, -0.2) is 35.5 Å². The highest BCUT2D eigenvalue weighted by molar-refractivity contribution is 6.16.